The van der Waals surface area contributed by atoms with Crippen molar-refractivity contribution in [2.75, 3.05) is 19.6 Å². The van der Waals surface area contributed by atoms with Gasteiger partial charge in [-0.05, 0) is 23.8 Å². The smallest absolute Gasteiger partial charge is 0.229 e. The van der Waals surface area contributed by atoms with Crippen LogP contribution < -0.4 is 5.32 Å². The Morgan fingerprint density at radius 3 is 2.85 bits per heavy atom. The molecule has 26 heavy (non-hydrogen) atoms. The van der Waals surface area contributed by atoms with Gasteiger partial charge in [-0.25, -0.2) is 4.98 Å². The summed E-state index contributed by atoms with van der Waals surface area (Å²) in [4.78, 5) is 27.8. The number of thiazole rings is 1. The fourth-order valence-electron chi connectivity index (χ4n) is 3.14. The summed E-state index contributed by atoms with van der Waals surface area (Å²) in [7, 11) is 0. The van der Waals surface area contributed by atoms with Crippen LogP contribution in [0.5, 0.6) is 0 Å². The van der Waals surface area contributed by atoms with Gasteiger partial charge in [-0.3, -0.25) is 14.8 Å². The summed E-state index contributed by atoms with van der Waals surface area (Å²) in [5, 5.41) is 6.22. The molecule has 6 nitrogen and oxygen atoms in total. The first-order valence-corrected chi connectivity index (χ1v) is 9.44. The van der Waals surface area contributed by atoms with Crippen molar-refractivity contribution in [3.05, 3.63) is 65.7 Å². The van der Waals surface area contributed by atoms with E-state index in [9.17, 15) is 4.79 Å². The van der Waals surface area contributed by atoms with Gasteiger partial charge < -0.3 is 10.2 Å². The van der Waals surface area contributed by atoms with Crippen LogP contribution in [0.15, 0.2) is 54.4 Å². The third kappa shape index (κ3) is 3.63. The van der Waals surface area contributed by atoms with Gasteiger partial charge in [0.05, 0.1) is 18.2 Å². The zero-order valence-electron chi connectivity index (χ0n) is 14.2. The van der Waals surface area contributed by atoms with Gasteiger partial charge in [-0.15, -0.1) is 11.3 Å². The Balaban J connectivity index is 1.49. The number of carbonyl (C=O) groups excluding carboxylic acids is 1. The van der Waals surface area contributed by atoms with Crippen LogP contribution in [0, 0.1) is 0 Å². The largest absolute Gasteiger partial charge is 0.333 e. The van der Waals surface area contributed by atoms with Crippen LogP contribution in [-0.2, 0) is 11.2 Å². The SMILES string of the molecule is O=C(Cc1csc(-c2cccnc2)n1)N1CCNCC1c1cccnc1. The molecule has 4 rings (SSSR count). The van der Waals surface area contributed by atoms with Crippen LogP contribution in [0.4, 0.5) is 0 Å². The van der Waals surface area contributed by atoms with Gasteiger partial charge in [0.15, 0.2) is 0 Å². The average Bonchev–Trinajstić information content (AvgIpc) is 3.18. The van der Waals surface area contributed by atoms with E-state index >= 15 is 0 Å². The van der Waals surface area contributed by atoms with E-state index in [1.165, 1.54) is 0 Å². The van der Waals surface area contributed by atoms with Crippen LogP contribution in [0.2, 0.25) is 0 Å². The van der Waals surface area contributed by atoms with E-state index in [0.717, 1.165) is 34.9 Å². The molecule has 1 aliphatic heterocycles. The molecule has 1 aliphatic rings. The number of hydrogen-bond acceptors (Lipinski definition) is 6. The fraction of sp³-hybridized carbons (Fsp3) is 0.263. The quantitative estimate of drug-likeness (QED) is 0.768. The standard InChI is InChI=1S/C19H19N5OS/c25-18(9-16-13-26-19(23-16)15-4-2-6-21-11-15)24-8-7-22-12-17(24)14-3-1-5-20-10-14/h1-6,10-11,13,17,22H,7-9,12H2. The molecule has 1 saturated heterocycles. The number of aromatic nitrogens is 3. The Morgan fingerprint density at radius 1 is 1.23 bits per heavy atom. The first kappa shape index (κ1) is 16.8. The third-order valence-corrected chi connectivity index (χ3v) is 5.37. The molecule has 132 valence electrons. The third-order valence-electron chi connectivity index (χ3n) is 4.43. The molecular weight excluding hydrogens is 346 g/mol. The number of hydrogen-bond donors (Lipinski definition) is 1. The predicted octanol–water partition coefficient (Wildman–Crippen LogP) is 2.32. The molecule has 0 spiro atoms. The Kier molecular flexibility index (Phi) is 4.99. The predicted molar refractivity (Wildman–Crippen MR) is 101 cm³/mol. The Bertz CT molecular complexity index is 868. The van der Waals surface area contributed by atoms with Gasteiger partial charge in [0, 0.05) is 55.4 Å². The zero-order chi connectivity index (χ0) is 17.8. The van der Waals surface area contributed by atoms with Crippen molar-refractivity contribution in [3.8, 4) is 10.6 Å². The number of carbonyl (C=O) groups is 1. The topological polar surface area (TPSA) is 71.0 Å². The molecular formula is C19H19N5OS. The van der Waals surface area contributed by atoms with Crippen molar-refractivity contribution in [2.24, 2.45) is 0 Å². The lowest BCUT2D eigenvalue weighted by Crippen LogP contribution is -2.49. The molecule has 1 amide bonds. The summed E-state index contributed by atoms with van der Waals surface area (Å²) in [6, 6.07) is 7.82. The minimum atomic E-state index is 0.0152. The van der Waals surface area contributed by atoms with Gasteiger partial charge in [-0.1, -0.05) is 6.07 Å². The first-order chi connectivity index (χ1) is 12.8. The molecule has 1 fully saturated rings. The molecule has 1 atom stereocenters. The Hall–Kier alpha value is -2.64. The number of nitrogens with one attached hydrogen (secondary N) is 1. The maximum absolute atomic E-state index is 12.9. The van der Waals surface area contributed by atoms with Crippen molar-refractivity contribution >= 4 is 17.2 Å². The van der Waals surface area contributed by atoms with Crippen LogP contribution in [0.1, 0.15) is 17.3 Å². The molecule has 7 heteroatoms. The molecule has 1 unspecified atom stereocenters. The van der Waals surface area contributed by atoms with E-state index < -0.39 is 0 Å². The fourth-order valence-corrected chi connectivity index (χ4v) is 3.95. The maximum atomic E-state index is 12.9. The number of rotatable bonds is 4. The molecule has 0 bridgehead atoms. The number of pyridine rings is 2. The van der Waals surface area contributed by atoms with Crippen LogP contribution in [0.3, 0.4) is 0 Å². The van der Waals surface area contributed by atoms with E-state index in [-0.39, 0.29) is 11.9 Å². The molecule has 3 aromatic rings. The highest BCUT2D eigenvalue weighted by molar-refractivity contribution is 7.13. The molecule has 0 saturated carbocycles. The van der Waals surface area contributed by atoms with E-state index in [1.807, 2.05) is 40.7 Å². The van der Waals surface area contributed by atoms with Gasteiger partial charge in [0.25, 0.3) is 0 Å². The summed E-state index contributed by atoms with van der Waals surface area (Å²) in [5.74, 6) is 0.100. The summed E-state index contributed by atoms with van der Waals surface area (Å²) < 4.78 is 0. The molecule has 4 heterocycles. The summed E-state index contributed by atoms with van der Waals surface area (Å²) >= 11 is 1.54. The van der Waals surface area contributed by atoms with E-state index in [1.54, 1.807) is 29.9 Å². The minimum Gasteiger partial charge on any atom is -0.333 e. The van der Waals surface area contributed by atoms with E-state index in [4.69, 9.17) is 0 Å². The lowest BCUT2D eigenvalue weighted by Gasteiger charge is -2.36. The van der Waals surface area contributed by atoms with Crippen LogP contribution in [0.25, 0.3) is 10.6 Å². The highest BCUT2D eigenvalue weighted by Crippen LogP contribution is 2.25. The van der Waals surface area contributed by atoms with Crippen molar-refractivity contribution < 1.29 is 4.79 Å². The van der Waals surface area contributed by atoms with Crippen LogP contribution >= 0.6 is 11.3 Å². The first-order valence-electron chi connectivity index (χ1n) is 8.56. The van der Waals surface area contributed by atoms with Crippen molar-refractivity contribution in [1.82, 2.24) is 25.2 Å². The van der Waals surface area contributed by atoms with Gasteiger partial charge >= 0.3 is 0 Å². The van der Waals surface area contributed by atoms with Gasteiger partial charge in [0.2, 0.25) is 5.91 Å². The highest BCUT2D eigenvalue weighted by atomic mass is 32.1. The summed E-state index contributed by atoms with van der Waals surface area (Å²) in [6.07, 6.45) is 7.43. The molecule has 0 aromatic carbocycles. The second kappa shape index (κ2) is 7.72. The summed E-state index contributed by atoms with van der Waals surface area (Å²) in [6.45, 7) is 2.24. The monoisotopic (exact) mass is 365 g/mol. The molecule has 1 N–H and O–H groups in total. The Labute approximate surface area is 155 Å². The zero-order valence-corrected chi connectivity index (χ0v) is 15.0. The molecule has 0 radical (unpaired) electrons. The lowest BCUT2D eigenvalue weighted by atomic mass is 10.0. The van der Waals surface area contributed by atoms with Crippen LogP contribution in [-0.4, -0.2) is 45.4 Å². The second-order valence-corrected chi connectivity index (χ2v) is 7.01. The second-order valence-electron chi connectivity index (χ2n) is 6.16. The average molecular weight is 365 g/mol. The van der Waals surface area contributed by atoms with E-state index in [2.05, 4.69) is 20.3 Å². The maximum Gasteiger partial charge on any atom is 0.229 e. The van der Waals surface area contributed by atoms with Crippen molar-refractivity contribution in [3.63, 3.8) is 0 Å². The molecule has 3 aromatic heterocycles. The van der Waals surface area contributed by atoms with Crippen molar-refractivity contribution in [2.45, 2.75) is 12.5 Å². The highest BCUT2D eigenvalue weighted by Gasteiger charge is 2.28. The lowest BCUT2D eigenvalue weighted by molar-refractivity contribution is -0.133. The number of nitrogens with zero attached hydrogens (tertiary/aromatic N) is 4. The molecule has 0 aliphatic carbocycles. The minimum absolute atomic E-state index is 0.0152. The Morgan fingerprint density at radius 2 is 2.08 bits per heavy atom. The summed E-state index contributed by atoms with van der Waals surface area (Å²) in [5.41, 5.74) is 2.84. The number of piperazine rings is 1. The van der Waals surface area contributed by atoms with Gasteiger partial charge in [-0.2, -0.15) is 0 Å². The van der Waals surface area contributed by atoms with Crippen molar-refractivity contribution in [1.29, 1.82) is 0 Å². The number of amides is 1. The van der Waals surface area contributed by atoms with E-state index in [0.29, 0.717) is 13.0 Å². The van der Waals surface area contributed by atoms with Gasteiger partial charge in [0.1, 0.15) is 5.01 Å². The normalized spacial score (nSPS) is 17.2.